The number of benzene rings is 4. The van der Waals surface area contributed by atoms with Gasteiger partial charge >= 0.3 is 0 Å². The maximum Gasteiger partial charge on any atom is 0.143 e. The van der Waals surface area contributed by atoms with Gasteiger partial charge in [0.2, 0.25) is 0 Å². The first-order valence-electron chi connectivity index (χ1n) is 17.4. The van der Waals surface area contributed by atoms with Crippen LogP contribution in [0.15, 0.2) is 151 Å². The highest BCUT2D eigenvalue weighted by Crippen LogP contribution is 2.42. The van der Waals surface area contributed by atoms with E-state index in [2.05, 4.69) is 141 Å². The molecule has 1 N–H and O–H groups in total. The van der Waals surface area contributed by atoms with Crippen molar-refractivity contribution in [3.05, 3.63) is 179 Å². The molecule has 1 aromatic heterocycles. The molecule has 6 rings (SSSR count). The highest BCUT2D eigenvalue weighted by Gasteiger charge is 2.20. The number of anilines is 1. The summed E-state index contributed by atoms with van der Waals surface area (Å²) in [5, 5.41) is 4.86. The van der Waals surface area contributed by atoms with Gasteiger partial charge < -0.3 is 5.32 Å². The van der Waals surface area contributed by atoms with Gasteiger partial charge in [-0.3, -0.25) is 4.99 Å². The fourth-order valence-electron chi connectivity index (χ4n) is 5.89. The first kappa shape index (κ1) is 37.6. The lowest BCUT2D eigenvalue weighted by molar-refractivity contribution is 0.912. The third-order valence-electron chi connectivity index (χ3n) is 8.48. The van der Waals surface area contributed by atoms with Gasteiger partial charge in [0.15, 0.2) is 0 Å². The summed E-state index contributed by atoms with van der Waals surface area (Å²) in [5.74, 6) is 0. The Kier molecular flexibility index (Phi) is 14.3. The smallest absolute Gasteiger partial charge is 0.143 e. The van der Waals surface area contributed by atoms with Gasteiger partial charge in [-0.15, -0.1) is 11.3 Å². The minimum atomic E-state index is -0.256. The van der Waals surface area contributed by atoms with Crippen LogP contribution in [0.2, 0.25) is 0 Å². The van der Waals surface area contributed by atoms with E-state index in [0.717, 1.165) is 24.1 Å². The van der Waals surface area contributed by atoms with Crippen molar-refractivity contribution >= 4 is 51.6 Å². The maximum absolute atomic E-state index is 4.29. The van der Waals surface area contributed by atoms with Gasteiger partial charge in [-0.2, -0.15) is 0 Å². The molecule has 254 valence electrons. The number of nitrogens with one attached hydrogen (secondary N) is 1. The molecule has 1 aliphatic carbocycles. The summed E-state index contributed by atoms with van der Waals surface area (Å²) in [6, 6.07) is 32.1. The molecule has 0 radical (unpaired) electrons. The van der Waals surface area contributed by atoms with E-state index in [1.54, 1.807) is 0 Å². The van der Waals surface area contributed by atoms with E-state index in [1.807, 2.05) is 74.6 Å². The van der Waals surface area contributed by atoms with Crippen LogP contribution in [0.3, 0.4) is 0 Å². The Hall–Kier alpha value is -5.25. The third kappa shape index (κ3) is 9.46. The summed E-state index contributed by atoms with van der Waals surface area (Å²) in [6.45, 7) is 21.9. The molecule has 0 fully saturated rings. The molecule has 0 bridgehead atoms. The van der Waals surface area contributed by atoms with Crippen LogP contribution in [-0.4, -0.2) is 12.9 Å². The second kappa shape index (κ2) is 19.1. The number of rotatable bonds is 10. The summed E-state index contributed by atoms with van der Waals surface area (Å²) in [6.07, 6.45) is 18.1. The number of hydrogen-bond acceptors (Lipinski definition) is 3. The fourth-order valence-corrected chi connectivity index (χ4v) is 7.09. The Morgan fingerprint density at radius 2 is 1.56 bits per heavy atom. The van der Waals surface area contributed by atoms with E-state index >= 15 is 0 Å². The van der Waals surface area contributed by atoms with Crippen LogP contribution >= 0.6 is 11.3 Å². The molecule has 5 aromatic rings. The van der Waals surface area contributed by atoms with E-state index in [-0.39, 0.29) is 6.17 Å². The SMILES string of the molecule is C=C/C=C\c1c(C)ccc2sc3c(c12)C=C(c1cccc(NC(N=C)/C(C=C)=C/C=C\C)c1)CC3.CC.Cc1ccc(-c2ccccc2)cc1. The van der Waals surface area contributed by atoms with Crippen LogP contribution < -0.4 is 5.32 Å². The van der Waals surface area contributed by atoms with Crippen LogP contribution in [0.5, 0.6) is 0 Å². The van der Waals surface area contributed by atoms with E-state index in [0.29, 0.717) is 0 Å². The minimum Gasteiger partial charge on any atom is -0.360 e. The zero-order valence-electron chi connectivity index (χ0n) is 30.2. The van der Waals surface area contributed by atoms with Crippen molar-refractivity contribution in [2.75, 3.05) is 5.32 Å². The Labute approximate surface area is 304 Å². The van der Waals surface area contributed by atoms with Gasteiger partial charge in [-0.05, 0) is 109 Å². The van der Waals surface area contributed by atoms with Crippen LogP contribution in [0.1, 0.15) is 59.9 Å². The standard InChI is InChI=1S/C32H32N2S.C13H12.C2H6/c1-6-9-12-23(8-3)32(33-5)34-26-14-11-13-24(20-26)25-17-19-29-28(21-25)31-27(15-10-7-2)22(4)16-18-30(31)35-29;1-11-7-9-13(10-8-11)12-5-3-2-4-6-12;1-2/h6-16,18,20-21,32,34H,2-3,5,17,19H2,1,4H3;2-10H,1H3;1-2H3/b9-6-,15-10-,23-12+;;. The molecule has 1 heterocycles. The monoisotopic (exact) mass is 674 g/mol. The van der Waals surface area contributed by atoms with E-state index < -0.39 is 0 Å². The molecule has 4 aromatic carbocycles. The summed E-state index contributed by atoms with van der Waals surface area (Å²) >= 11 is 1.92. The van der Waals surface area contributed by atoms with Gasteiger partial charge in [0.25, 0.3) is 0 Å². The van der Waals surface area contributed by atoms with Gasteiger partial charge in [0, 0.05) is 20.7 Å². The van der Waals surface area contributed by atoms with Crippen molar-refractivity contribution in [1.82, 2.24) is 0 Å². The van der Waals surface area contributed by atoms with E-state index in [4.69, 9.17) is 0 Å². The Bertz CT molecular complexity index is 2020. The van der Waals surface area contributed by atoms with Crippen molar-refractivity contribution < 1.29 is 0 Å². The highest BCUT2D eigenvalue weighted by atomic mass is 32.1. The Balaban J connectivity index is 0.000000311. The minimum absolute atomic E-state index is 0.256. The molecule has 1 atom stereocenters. The molecule has 2 nitrogen and oxygen atoms in total. The fraction of sp³-hybridized carbons (Fsp3) is 0.170. The summed E-state index contributed by atoms with van der Waals surface area (Å²) in [4.78, 5) is 5.76. The molecule has 1 unspecified atom stereocenters. The van der Waals surface area contributed by atoms with Crippen LogP contribution in [0.25, 0.3) is 38.9 Å². The van der Waals surface area contributed by atoms with Crippen LogP contribution in [0.4, 0.5) is 5.69 Å². The molecule has 50 heavy (non-hydrogen) atoms. The van der Waals surface area contributed by atoms with Gasteiger partial charge in [-0.25, -0.2) is 0 Å². The topological polar surface area (TPSA) is 24.4 Å². The number of aryl methyl sites for hydroxylation is 3. The zero-order chi connectivity index (χ0) is 35.9. The lowest BCUT2D eigenvalue weighted by Gasteiger charge is -2.19. The number of fused-ring (bicyclic) bond motifs is 3. The molecule has 0 saturated heterocycles. The van der Waals surface area contributed by atoms with Crippen LogP contribution in [0, 0.1) is 13.8 Å². The Morgan fingerprint density at radius 3 is 2.24 bits per heavy atom. The first-order chi connectivity index (χ1) is 24.4. The summed E-state index contributed by atoms with van der Waals surface area (Å²) in [7, 11) is 0. The molecule has 0 amide bonds. The van der Waals surface area contributed by atoms with Crippen molar-refractivity contribution in [2.24, 2.45) is 4.99 Å². The lowest BCUT2D eigenvalue weighted by Crippen LogP contribution is -2.18. The molecule has 1 aliphatic rings. The van der Waals surface area contributed by atoms with Gasteiger partial charge in [-0.1, -0.05) is 148 Å². The second-order valence-electron chi connectivity index (χ2n) is 11.8. The molecule has 0 saturated carbocycles. The van der Waals surface area contributed by atoms with Crippen molar-refractivity contribution in [3.63, 3.8) is 0 Å². The summed E-state index contributed by atoms with van der Waals surface area (Å²) in [5.41, 5.74) is 12.4. The second-order valence-corrected chi connectivity index (χ2v) is 12.9. The normalized spacial score (nSPS) is 13.0. The highest BCUT2D eigenvalue weighted by molar-refractivity contribution is 7.19. The largest absolute Gasteiger partial charge is 0.360 e. The molecule has 0 spiro atoms. The van der Waals surface area contributed by atoms with Crippen LogP contribution in [-0.2, 0) is 6.42 Å². The van der Waals surface area contributed by atoms with Gasteiger partial charge in [0.1, 0.15) is 6.17 Å². The number of hydrogen-bond donors (Lipinski definition) is 1. The van der Waals surface area contributed by atoms with E-state index in [1.165, 1.54) is 59.5 Å². The summed E-state index contributed by atoms with van der Waals surface area (Å²) < 4.78 is 1.35. The number of thiophene rings is 1. The third-order valence-corrected chi connectivity index (χ3v) is 9.71. The quantitative estimate of drug-likeness (QED) is 0.116. The number of aliphatic imine (C=N–C) groups is 1. The Morgan fingerprint density at radius 1 is 0.840 bits per heavy atom. The average molecular weight is 675 g/mol. The molecule has 3 heteroatoms. The molecular weight excluding hydrogens is 625 g/mol. The predicted molar refractivity (Wildman–Crippen MR) is 226 cm³/mol. The predicted octanol–water partition coefficient (Wildman–Crippen LogP) is 13.7. The van der Waals surface area contributed by atoms with E-state index in [9.17, 15) is 0 Å². The molecular formula is C47H50N2S. The molecule has 0 aliphatic heterocycles. The number of allylic oxidation sites excluding steroid dienone is 6. The average Bonchev–Trinajstić information content (AvgIpc) is 3.54. The van der Waals surface area contributed by atoms with Crippen molar-refractivity contribution in [3.8, 4) is 11.1 Å². The van der Waals surface area contributed by atoms with Crippen molar-refractivity contribution in [2.45, 2.75) is 53.6 Å². The van der Waals surface area contributed by atoms with Crippen molar-refractivity contribution in [1.29, 1.82) is 0 Å². The lowest BCUT2D eigenvalue weighted by atomic mass is 9.90. The number of nitrogens with zero attached hydrogens (tertiary/aromatic N) is 1. The zero-order valence-corrected chi connectivity index (χ0v) is 31.1. The first-order valence-corrected chi connectivity index (χ1v) is 18.2. The maximum atomic E-state index is 4.29. The van der Waals surface area contributed by atoms with Gasteiger partial charge in [0.05, 0.1) is 0 Å².